The van der Waals surface area contributed by atoms with Crippen LogP contribution in [-0.4, -0.2) is 70.0 Å². The van der Waals surface area contributed by atoms with E-state index in [4.69, 9.17) is 11.6 Å². The Morgan fingerprint density at radius 2 is 1.95 bits per heavy atom. The first-order valence-electron chi connectivity index (χ1n) is 6.12. The van der Waals surface area contributed by atoms with Crippen molar-refractivity contribution in [3.05, 3.63) is 0 Å². The van der Waals surface area contributed by atoms with Crippen molar-refractivity contribution < 1.29 is 16.8 Å². The molecule has 0 aromatic carbocycles. The topological polar surface area (TPSA) is 74.8 Å². The lowest BCUT2D eigenvalue weighted by molar-refractivity contribution is 0.267. The minimum absolute atomic E-state index is 0.0246. The first-order valence-corrected chi connectivity index (χ1v) is 10.1. The van der Waals surface area contributed by atoms with E-state index in [-0.39, 0.29) is 18.2 Å². The minimum Gasteiger partial charge on any atom is -0.229 e. The first kappa shape index (κ1) is 17.2. The quantitative estimate of drug-likeness (QED) is 0.649. The maximum Gasteiger partial charge on any atom is 0.281 e. The van der Waals surface area contributed by atoms with Crippen LogP contribution in [0.3, 0.4) is 0 Å². The molecule has 1 saturated heterocycles. The summed E-state index contributed by atoms with van der Waals surface area (Å²) in [6.45, 7) is 0.858. The van der Waals surface area contributed by atoms with Crippen molar-refractivity contribution >= 4 is 31.6 Å². The fourth-order valence-electron chi connectivity index (χ4n) is 1.97. The van der Waals surface area contributed by atoms with Crippen LogP contribution in [0.15, 0.2) is 0 Å². The van der Waals surface area contributed by atoms with Gasteiger partial charge in [-0.15, -0.1) is 11.6 Å². The third-order valence-electron chi connectivity index (χ3n) is 3.20. The van der Waals surface area contributed by atoms with Crippen molar-refractivity contribution in [3.8, 4) is 0 Å². The summed E-state index contributed by atoms with van der Waals surface area (Å²) in [5.41, 5.74) is 0. The van der Waals surface area contributed by atoms with Gasteiger partial charge in [-0.05, 0) is 18.8 Å². The molecule has 0 N–H and O–H groups in total. The molecule has 1 heterocycles. The fraction of sp³-hybridized carbons (Fsp3) is 1.00. The Bertz CT molecular complexity index is 492. The number of nitrogens with zero attached hydrogens (tertiary/aromatic N) is 2. The molecule has 1 aliphatic rings. The first-order chi connectivity index (χ1) is 8.66. The molecule has 0 bridgehead atoms. The van der Waals surface area contributed by atoms with Crippen LogP contribution in [0.25, 0.3) is 0 Å². The molecule has 1 unspecified atom stereocenters. The van der Waals surface area contributed by atoms with Gasteiger partial charge < -0.3 is 0 Å². The molecule has 6 nitrogen and oxygen atoms in total. The number of alkyl halides is 1. The molecule has 19 heavy (non-hydrogen) atoms. The van der Waals surface area contributed by atoms with Gasteiger partial charge >= 0.3 is 0 Å². The lowest BCUT2D eigenvalue weighted by atomic mass is 10.0. The Labute approximate surface area is 120 Å². The van der Waals surface area contributed by atoms with Gasteiger partial charge in [-0.3, -0.25) is 0 Å². The van der Waals surface area contributed by atoms with Crippen LogP contribution in [0.5, 0.6) is 0 Å². The summed E-state index contributed by atoms with van der Waals surface area (Å²) in [5, 5.41) is 0. The minimum atomic E-state index is -3.58. The third kappa shape index (κ3) is 5.18. The number of halogens is 1. The van der Waals surface area contributed by atoms with Gasteiger partial charge in [0.05, 0.1) is 5.75 Å². The molecule has 0 amide bonds. The second-order valence-corrected chi connectivity index (χ2v) is 9.58. The zero-order chi connectivity index (χ0) is 14.7. The van der Waals surface area contributed by atoms with Gasteiger partial charge in [-0.2, -0.15) is 17.0 Å². The van der Waals surface area contributed by atoms with Crippen molar-refractivity contribution in [2.75, 3.05) is 44.6 Å². The van der Waals surface area contributed by atoms with Gasteiger partial charge in [0.1, 0.15) is 9.84 Å². The molecule has 0 spiro atoms. The van der Waals surface area contributed by atoms with Gasteiger partial charge in [0, 0.05) is 38.8 Å². The van der Waals surface area contributed by atoms with E-state index >= 15 is 0 Å². The van der Waals surface area contributed by atoms with Gasteiger partial charge in [0.15, 0.2) is 0 Å². The predicted octanol–water partition coefficient (Wildman–Crippen LogP) is 0.158. The second kappa shape index (κ2) is 6.71. The standard InChI is InChI=1S/C10H21ClN2O4S2/c1-12(6-7-18(2,14)15)19(16,17)13-5-3-4-10(8-11)9-13/h10H,3-9H2,1-2H3. The summed E-state index contributed by atoms with van der Waals surface area (Å²) < 4.78 is 49.2. The van der Waals surface area contributed by atoms with Crippen LogP contribution in [0.4, 0.5) is 0 Å². The van der Waals surface area contributed by atoms with E-state index in [0.717, 1.165) is 23.4 Å². The third-order valence-corrected chi connectivity index (χ3v) is 6.51. The zero-order valence-electron chi connectivity index (χ0n) is 11.2. The highest BCUT2D eigenvalue weighted by molar-refractivity contribution is 7.90. The van der Waals surface area contributed by atoms with Crippen LogP contribution in [-0.2, 0) is 20.0 Å². The highest BCUT2D eigenvalue weighted by Crippen LogP contribution is 2.21. The van der Waals surface area contributed by atoms with E-state index < -0.39 is 20.0 Å². The van der Waals surface area contributed by atoms with E-state index in [9.17, 15) is 16.8 Å². The van der Waals surface area contributed by atoms with Crippen LogP contribution >= 0.6 is 11.6 Å². The average molecular weight is 333 g/mol. The average Bonchev–Trinajstić information content (AvgIpc) is 2.35. The van der Waals surface area contributed by atoms with E-state index in [2.05, 4.69) is 0 Å². The maximum atomic E-state index is 12.3. The highest BCUT2D eigenvalue weighted by atomic mass is 35.5. The maximum absolute atomic E-state index is 12.3. The van der Waals surface area contributed by atoms with Crippen molar-refractivity contribution in [1.82, 2.24) is 8.61 Å². The molecule has 1 fully saturated rings. The molecule has 0 aliphatic carbocycles. The predicted molar refractivity (Wildman–Crippen MR) is 76.3 cm³/mol. The monoisotopic (exact) mass is 332 g/mol. The smallest absolute Gasteiger partial charge is 0.229 e. The fourth-order valence-corrected chi connectivity index (χ4v) is 4.42. The lowest BCUT2D eigenvalue weighted by Crippen LogP contribution is -2.47. The summed E-state index contributed by atoms with van der Waals surface area (Å²) in [4.78, 5) is 0. The zero-order valence-corrected chi connectivity index (χ0v) is 13.6. The molecule has 0 aromatic heterocycles. The molecule has 114 valence electrons. The molecule has 0 saturated carbocycles. The molecule has 1 rings (SSSR count). The van der Waals surface area contributed by atoms with Gasteiger partial charge in [0.2, 0.25) is 0 Å². The Morgan fingerprint density at radius 1 is 1.32 bits per heavy atom. The molecule has 0 radical (unpaired) electrons. The SMILES string of the molecule is CN(CCS(C)(=O)=O)S(=O)(=O)N1CCCC(CCl)C1. The van der Waals surface area contributed by atoms with Crippen molar-refractivity contribution in [2.24, 2.45) is 5.92 Å². The summed E-state index contributed by atoms with van der Waals surface area (Å²) in [6, 6.07) is 0. The molecule has 0 aromatic rings. The van der Waals surface area contributed by atoms with Gasteiger partial charge in [0.25, 0.3) is 10.2 Å². The normalized spacial score (nSPS) is 22.8. The van der Waals surface area contributed by atoms with Crippen LogP contribution < -0.4 is 0 Å². The summed E-state index contributed by atoms with van der Waals surface area (Å²) >= 11 is 5.78. The van der Waals surface area contributed by atoms with Gasteiger partial charge in [-0.25, -0.2) is 8.42 Å². The Kier molecular flexibility index (Phi) is 6.06. The molecule has 1 atom stereocenters. The largest absolute Gasteiger partial charge is 0.281 e. The number of hydrogen-bond donors (Lipinski definition) is 0. The van der Waals surface area contributed by atoms with Crippen LogP contribution in [0.2, 0.25) is 0 Å². The summed E-state index contributed by atoms with van der Waals surface area (Å²) in [7, 11) is -5.35. The summed E-state index contributed by atoms with van der Waals surface area (Å²) in [6.07, 6.45) is 2.82. The highest BCUT2D eigenvalue weighted by Gasteiger charge is 2.31. The number of sulfone groups is 1. The molecular formula is C10H21ClN2O4S2. The summed E-state index contributed by atoms with van der Waals surface area (Å²) in [5.74, 6) is 0.447. The van der Waals surface area contributed by atoms with E-state index in [1.165, 1.54) is 11.4 Å². The lowest BCUT2D eigenvalue weighted by Gasteiger charge is -2.33. The second-order valence-electron chi connectivity index (χ2n) is 4.98. The number of hydrogen-bond acceptors (Lipinski definition) is 4. The molecular weight excluding hydrogens is 312 g/mol. The van der Waals surface area contributed by atoms with E-state index in [1.54, 1.807) is 0 Å². The van der Waals surface area contributed by atoms with E-state index in [1.807, 2.05) is 0 Å². The Balaban J connectivity index is 2.68. The Hall–Kier alpha value is 0.110. The number of rotatable bonds is 6. The van der Waals surface area contributed by atoms with Crippen molar-refractivity contribution in [2.45, 2.75) is 12.8 Å². The van der Waals surface area contributed by atoms with Crippen molar-refractivity contribution in [1.29, 1.82) is 0 Å². The molecule has 1 aliphatic heterocycles. The van der Waals surface area contributed by atoms with Crippen LogP contribution in [0, 0.1) is 5.92 Å². The molecule has 9 heteroatoms. The van der Waals surface area contributed by atoms with Crippen molar-refractivity contribution in [3.63, 3.8) is 0 Å². The number of piperidine rings is 1. The van der Waals surface area contributed by atoms with Crippen LogP contribution in [0.1, 0.15) is 12.8 Å². The Morgan fingerprint density at radius 3 is 2.47 bits per heavy atom. The van der Waals surface area contributed by atoms with E-state index in [0.29, 0.717) is 19.0 Å². The van der Waals surface area contributed by atoms with Gasteiger partial charge in [-0.1, -0.05) is 0 Å².